The Hall–Kier alpha value is -2.89. The monoisotopic (exact) mass is 317 g/mol. The minimum absolute atomic E-state index is 0.312. The summed E-state index contributed by atoms with van der Waals surface area (Å²) >= 11 is 0. The van der Waals surface area contributed by atoms with Crippen molar-refractivity contribution in [3.05, 3.63) is 59.9 Å². The number of ether oxygens (including phenoxy) is 2. The molecule has 0 spiro atoms. The Morgan fingerprint density at radius 3 is 2.22 bits per heavy atom. The van der Waals surface area contributed by atoms with Gasteiger partial charge in [-0.05, 0) is 55.5 Å². The van der Waals surface area contributed by atoms with Crippen molar-refractivity contribution < 1.29 is 23.5 Å². The highest BCUT2D eigenvalue weighted by atomic mass is 19.1. The lowest BCUT2D eigenvalue weighted by Crippen LogP contribution is -2.30. The molecule has 0 aliphatic carbocycles. The molecule has 2 rings (SSSR count). The van der Waals surface area contributed by atoms with Crippen molar-refractivity contribution in [1.82, 2.24) is 0 Å². The fourth-order valence-electron chi connectivity index (χ4n) is 1.79. The van der Waals surface area contributed by atoms with Gasteiger partial charge in [-0.2, -0.15) is 0 Å². The lowest BCUT2D eigenvalue weighted by atomic mass is 10.2. The van der Waals surface area contributed by atoms with E-state index in [9.17, 15) is 14.0 Å². The second-order valence-electron chi connectivity index (χ2n) is 4.77. The molecule has 2 aromatic rings. The number of amides is 1. The predicted octanol–water partition coefficient (Wildman–Crippen LogP) is 3.02. The molecule has 0 aliphatic heterocycles. The van der Waals surface area contributed by atoms with Gasteiger partial charge in [-0.25, -0.2) is 9.18 Å². The third-order valence-electron chi connectivity index (χ3n) is 3.09. The number of anilines is 1. The fraction of sp³-hybridized carbons (Fsp3) is 0.176. The summed E-state index contributed by atoms with van der Waals surface area (Å²) in [4.78, 5) is 23.9. The number of nitrogens with one attached hydrogen (secondary N) is 1. The molecule has 2 aromatic carbocycles. The zero-order valence-corrected chi connectivity index (χ0v) is 12.7. The summed E-state index contributed by atoms with van der Waals surface area (Å²) in [6.45, 7) is 1.46. The number of carbonyl (C=O) groups is 2. The van der Waals surface area contributed by atoms with Crippen molar-refractivity contribution in [2.45, 2.75) is 13.0 Å². The molecule has 5 nitrogen and oxygen atoms in total. The van der Waals surface area contributed by atoms with Crippen LogP contribution in [0.15, 0.2) is 48.5 Å². The summed E-state index contributed by atoms with van der Waals surface area (Å²) in [7, 11) is 1.52. The van der Waals surface area contributed by atoms with Gasteiger partial charge in [0.25, 0.3) is 5.91 Å². The van der Waals surface area contributed by atoms with E-state index < -0.39 is 23.8 Å². The van der Waals surface area contributed by atoms with Gasteiger partial charge in [-0.1, -0.05) is 0 Å². The average molecular weight is 317 g/mol. The summed E-state index contributed by atoms with van der Waals surface area (Å²) in [5.41, 5.74) is 0.732. The Kier molecular flexibility index (Phi) is 5.30. The van der Waals surface area contributed by atoms with Gasteiger partial charge in [-0.3, -0.25) is 4.79 Å². The van der Waals surface area contributed by atoms with Crippen molar-refractivity contribution in [3.8, 4) is 5.75 Å². The molecule has 0 saturated carbocycles. The Balaban J connectivity index is 1.94. The molecule has 0 bridgehead atoms. The molecule has 0 fully saturated rings. The van der Waals surface area contributed by atoms with Crippen LogP contribution in [0.4, 0.5) is 10.1 Å². The highest BCUT2D eigenvalue weighted by Gasteiger charge is 2.19. The maximum Gasteiger partial charge on any atom is 0.338 e. The molecule has 23 heavy (non-hydrogen) atoms. The second kappa shape index (κ2) is 7.40. The maximum atomic E-state index is 12.8. The van der Waals surface area contributed by atoms with E-state index in [4.69, 9.17) is 9.47 Å². The van der Waals surface area contributed by atoms with Crippen LogP contribution < -0.4 is 10.1 Å². The number of esters is 1. The highest BCUT2D eigenvalue weighted by Crippen LogP contribution is 2.14. The number of methoxy groups -OCH3 is 1. The summed E-state index contributed by atoms with van der Waals surface area (Å²) < 4.78 is 22.9. The number of halogens is 1. The standard InChI is InChI=1S/C17H16FNO4/c1-11(16(20)19-14-7-5-13(18)6-8-14)23-17(21)12-3-9-15(22-2)10-4-12/h3-11H,1-2H3,(H,19,20). The molecule has 1 atom stereocenters. The van der Waals surface area contributed by atoms with Crippen molar-refractivity contribution in [2.24, 2.45) is 0 Å². The van der Waals surface area contributed by atoms with Crippen LogP contribution in [0.25, 0.3) is 0 Å². The van der Waals surface area contributed by atoms with Crippen molar-refractivity contribution in [1.29, 1.82) is 0 Å². The highest BCUT2D eigenvalue weighted by molar-refractivity contribution is 5.97. The van der Waals surface area contributed by atoms with Crippen LogP contribution in [-0.4, -0.2) is 25.1 Å². The average Bonchev–Trinajstić information content (AvgIpc) is 2.56. The van der Waals surface area contributed by atoms with Gasteiger partial charge in [0, 0.05) is 5.69 Å². The lowest BCUT2D eigenvalue weighted by Gasteiger charge is -2.13. The largest absolute Gasteiger partial charge is 0.497 e. The van der Waals surface area contributed by atoms with E-state index in [2.05, 4.69) is 5.32 Å². The number of hydrogen-bond acceptors (Lipinski definition) is 4. The summed E-state index contributed by atoms with van der Waals surface area (Å²) in [6.07, 6.45) is -0.991. The van der Waals surface area contributed by atoms with Gasteiger partial charge in [0.2, 0.25) is 0 Å². The molecular weight excluding hydrogens is 301 g/mol. The van der Waals surface area contributed by atoms with Gasteiger partial charge >= 0.3 is 5.97 Å². The van der Waals surface area contributed by atoms with E-state index in [-0.39, 0.29) is 0 Å². The van der Waals surface area contributed by atoms with E-state index in [1.807, 2.05) is 0 Å². The van der Waals surface area contributed by atoms with Gasteiger partial charge < -0.3 is 14.8 Å². The molecule has 0 aliphatic rings. The van der Waals surface area contributed by atoms with E-state index in [0.29, 0.717) is 17.0 Å². The van der Waals surface area contributed by atoms with E-state index >= 15 is 0 Å². The van der Waals surface area contributed by atoms with E-state index in [0.717, 1.165) is 0 Å². The quantitative estimate of drug-likeness (QED) is 0.861. The van der Waals surface area contributed by atoms with Gasteiger partial charge in [0.15, 0.2) is 6.10 Å². The first kappa shape index (κ1) is 16.5. The molecule has 0 radical (unpaired) electrons. The fourth-order valence-corrected chi connectivity index (χ4v) is 1.79. The molecule has 1 unspecified atom stereocenters. The van der Waals surface area contributed by atoms with Crippen LogP contribution in [0.1, 0.15) is 17.3 Å². The first-order chi connectivity index (χ1) is 11.0. The van der Waals surface area contributed by atoms with Crippen molar-refractivity contribution >= 4 is 17.6 Å². The SMILES string of the molecule is COc1ccc(C(=O)OC(C)C(=O)Nc2ccc(F)cc2)cc1. The van der Waals surface area contributed by atoms with Crippen LogP contribution in [0, 0.1) is 5.82 Å². The zero-order valence-electron chi connectivity index (χ0n) is 12.7. The molecule has 1 N–H and O–H groups in total. The molecule has 0 heterocycles. The Morgan fingerprint density at radius 1 is 1.04 bits per heavy atom. The smallest absolute Gasteiger partial charge is 0.338 e. The predicted molar refractivity (Wildman–Crippen MR) is 82.9 cm³/mol. The second-order valence-corrected chi connectivity index (χ2v) is 4.77. The Bertz CT molecular complexity index is 683. The Labute approximate surface area is 133 Å². The Morgan fingerprint density at radius 2 is 1.65 bits per heavy atom. The lowest BCUT2D eigenvalue weighted by molar-refractivity contribution is -0.123. The summed E-state index contributed by atoms with van der Waals surface area (Å²) in [5, 5.41) is 2.54. The molecule has 6 heteroatoms. The van der Waals surface area contributed by atoms with Crippen LogP contribution in [0.5, 0.6) is 5.75 Å². The van der Waals surface area contributed by atoms with Crippen LogP contribution in [0.3, 0.4) is 0 Å². The molecule has 1 amide bonds. The molecule has 0 saturated heterocycles. The van der Waals surface area contributed by atoms with E-state index in [1.165, 1.54) is 38.3 Å². The minimum atomic E-state index is -0.991. The number of hydrogen-bond donors (Lipinski definition) is 1. The number of benzene rings is 2. The van der Waals surface area contributed by atoms with Crippen molar-refractivity contribution in [2.75, 3.05) is 12.4 Å². The molecule has 0 aromatic heterocycles. The number of carbonyl (C=O) groups excluding carboxylic acids is 2. The van der Waals surface area contributed by atoms with Crippen LogP contribution >= 0.6 is 0 Å². The van der Waals surface area contributed by atoms with Crippen LogP contribution in [0.2, 0.25) is 0 Å². The van der Waals surface area contributed by atoms with Crippen molar-refractivity contribution in [3.63, 3.8) is 0 Å². The van der Waals surface area contributed by atoms with Gasteiger partial charge in [0.1, 0.15) is 11.6 Å². The normalized spacial score (nSPS) is 11.4. The minimum Gasteiger partial charge on any atom is -0.497 e. The zero-order chi connectivity index (χ0) is 16.8. The maximum absolute atomic E-state index is 12.8. The molecule has 120 valence electrons. The third kappa shape index (κ3) is 4.54. The first-order valence-electron chi connectivity index (χ1n) is 6.91. The van der Waals surface area contributed by atoms with Gasteiger partial charge in [0.05, 0.1) is 12.7 Å². The molecular formula is C17H16FNO4. The van der Waals surface area contributed by atoms with Gasteiger partial charge in [-0.15, -0.1) is 0 Å². The summed E-state index contributed by atoms with van der Waals surface area (Å²) in [6, 6.07) is 11.6. The topological polar surface area (TPSA) is 64.6 Å². The van der Waals surface area contributed by atoms with E-state index in [1.54, 1.807) is 24.3 Å². The first-order valence-corrected chi connectivity index (χ1v) is 6.91. The third-order valence-corrected chi connectivity index (χ3v) is 3.09. The summed E-state index contributed by atoms with van der Waals surface area (Å²) in [5.74, 6) is -0.904. The number of rotatable bonds is 5. The van der Waals surface area contributed by atoms with Crippen LogP contribution in [-0.2, 0) is 9.53 Å².